The molecule has 1 aliphatic heterocycles. The average molecular weight is 405 g/mol. The smallest absolute Gasteiger partial charge is 0.320 e. The Morgan fingerprint density at radius 1 is 1.03 bits per heavy atom. The summed E-state index contributed by atoms with van der Waals surface area (Å²) in [5, 5.41) is 5.26. The van der Waals surface area contributed by atoms with E-state index in [2.05, 4.69) is 15.0 Å². The van der Waals surface area contributed by atoms with Crippen molar-refractivity contribution in [1.82, 2.24) is 29.3 Å². The van der Waals surface area contributed by atoms with Crippen molar-refractivity contribution in [2.75, 3.05) is 31.2 Å². The Labute approximate surface area is 173 Å². The van der Waals surface area contributed by atoms with Crippen LogP contribution in [0.3, 0.4) is 0 Å². The second kappa shape index (κ2) is 7.75. The largest absolute Gasteiger partial charge is 0.455 e. The van der Waals surface area contributed by atoms with E-state index >= 15 is 0 Å². The first kappa shape index (κ1) is 18.6. The third-order valence-electron chi connectivity index (χ3n) is 5.23. The highest BCUT2D eigenvalue weighted by Gasteiger charge is 2.20. The van der Waals surface area contributed by atoms with E-state index in [4.69, 9.17) is 19.4 Å². The summed E-state index contributed by atoms with van der Waals surface area (Å²) in [7, 11) is 3.83. The Kier molecular flexibility index (Phi) is 4.80. The molecule has 1 aliphatic rings. The van der Waals surface area contributed by atoms with E-state index in [1.54, 1.807) is 10.9 Å². The molecule has 9 nitrogen and oxygen atoms in total. The zero-order valence-corrected chi connectivity index (χ0v) is 17.0. The molecular weight excluding hydrogens is 382 g/mol. The summed E-state index contributed by atoms with van der Waals surface area (Å²) in [4.78, 5) is 16.2. The Morgan fingerprint density at radius 3 is 2.63 bits per heavy atom. The fraction of sp³-hybridized carbons (Fsp3) is 0.333. The van der Waals surface area contributed by atoms with Crippen LogP contribution in [0.4, 0.5) is 5.82 Å². The van der Waals surface area contributed by atoms with Crippen molar-refractivity contribution in [2.45, 2.75) is 6.61 Å². The number of aryl methyl sites for hydroxylation is 2. The van der Waals surface area contributed by atoms with Crippen molar-refractivity contribution in [1.29, 1.82) is 0 Å². The van der Waals surface area contributed by atoms with Gasteiger partial charge in [-0.2, -0.15) is 15.1 Å². The summed E-state index contributed by atoms with van der Waals surface area (Å²) >= 11 is 0. The Balaban J connectivity index is 1.42. The van der Waals surface area contributed by atoms with E-state index in [0.717, 1.165) is 47.0 Å². The molecular formula is C21H23N7O2. The molecule has 5 rings (SSSR count). The van der Waals surface area contributed by atoms with Crippen molar-refractivity contribution in [2.24, 2.45) is 14.1 Å². The predicted molar refractivity (Wildman–Crippen MR) is 112 cm³/mol. The van der Waals surface area contributed by atoms with Crippen LogP contribution in [0.5, 0.6) is 6.01 Å². The van der Waals surface area contributed by atoms with Gasteiger partial charge in [0.05, 0.1) is 30.5 Å². The Bertz CT molecular complexity index is 1160. The number of benzene rings is 1. The van der Waals surface area contributed by atoms with Gasteiger partial charge in [-0.05, 0) is 0 Å². The Hall–Kier alpha value is -3.46. The third kappa shape index (κ3) is 3.48. The van der Waals surface area contributed by atoms with Gasteiger partial charge < -0.3 is 18.9 Å². The maximum absolute atomic E-state index is 5.98. The molecule has 0 bridgehead atoms. The van der Waals surface area contributed by atoms with Crippen molar-refractivity contribution in [3.63, 3.8) is 0 Å². The van der Waals surface area contributed by atoms with Gasteiger partial charge in [0.15, 0.2) is 5.65 Å². The van der Waals surface area contributed by atoms with Gasteiger partial charge in [0.1, 0.15) is 18.2 Å². The van der Waals surface area contributed by atoms with Gasteiger partial charge in [0.2, 0.25) is 0 Å². The lowest BCUT2D eigenvalue weighted by Crippen LogP contribution is -2.37. The van der Waals surface area contributed by atoms with Crippen LogP contribution in [-0.2, 0) is 25.4 Å². The monoisotopic (exact) mass is 405 g/mol. The predicted octanol–water partition coefficient (Wildman–Crippen LogP) is 2.18. The van der Waals surface area contributed by atoms with Gasteiger partial charge in [-0.25, -0.2) is 4.98 Å². The maximum atomic E-state index is 5.98. The third-order valence-corrected chi connectivity index (χ3v) is 5.23. The molecule has 154 valence electrons. The first-order chi connectivity index (χ1) is 14.7. The van der Waals surface area contributed by atoms with Crippen LogP contribution in [0.25, 0.3) is 22.3 Å². The number of nitrogens with zero attached hydrogens (tertiary/aromatic N) is 7. The lowest BCUT2D eigenvalue weighted by Gasteiger charge is -2.28. The second-order valence-electron chi connectivity index (χ2n) is 7.24. The summed E-state index contributed by atoms with van der Waals surface area (Å²) in [6, 6.07) is 10.4. The van der Waals surface area contributed by atoms with Crippen LogP contribution in [0.2, 0.25) is 0 Å². The van der Waals surface area contributed by atoms with Crippen LogP contribution in [0.1, 0.15) is 5.82 Å². The lowest BCUT2D eigenvalue weighted by molar-refractivity contribution is 0.122. The SMILES string of the molecule is Cn1cc(-c2ccccc2)nc1COc1nc(N2CCOCC2)c2cnn(C)c2n1. The number of aromatic nitrogens is 6. The second-order valence-corrected chi connectivity index (χ2v) is 7.24. The molecule has 9 heteroatoms. The molecule has 3 aromatic heterocycles. The number of morpholine rings is 1. The highest BCUT2D eigenvalue weighted by Crippen LogP contribution is 2.27. The summed E-state index contributed by atoms with van der Waals surface area (Å²) in [5.41, 5.74) is 2.72. The van der Waals surface area contributed by atoms with E-state index in [-0.39, 0.29) is 6.61 Å². The fourth-order valence-electron chi connectivity index (χ4n) is 3.58. The number of imidazole rings is 1. The Morgan fingerprint density at radius 2 is 1.83 bits per heavy atom. The first-order valence-corrected chi connectivity index (χ1v) is 9.92. The molecule has 4 aromatic rings. The summed E-state index contributed by atoms with van der Waals surface area (Å²) in [6.45, 7) is 3.19. The summed E-state index contributed by atoms with van der Waals surface area (Å²) in [5.74, 6) is 1.63. The molecule has 0 atom stereocenters. The van der Waals surface area contributed by atoms with Gasteiger partial charge in [-0.1, -0.05) is 30.3 Å². The quantitative estimate of drug-likeness (QED) is 0.503. The minimum Gasteiger partial charge on any atom is -0.455 e. The molecule has 0 saturated carbocycles. The van der Waals surface area contributed by atoms with E-state index in [1.807, 2.05) is 55.2 Å². The van der Waals surface area contributed by atoms with E-state index in [1.165, 1.54) is 0 Å². The van der Waals surface area contributed by atoms with Crippen molar-refractivity contribution < 1.29 is 9.47 Å². The molecule has 1 saturated heterocycles. The highest BCUT2D eigenvalue weighted by molar-refractivity contribution is 5.87. The van der Waals surface area contributed by atoms with E-state index in [9.17, 15) is 0 Å². The molecule has 4 heterocycles. The van der Waals surface area contributed by atoms with Gasteiger partial charge in [-0.3, -0.25) is 4.68 Å². The van der Waals surface area contributed by atoms with Gasteiger partial charge in [-0.15, -0.1) is 0 Å². The van der Waals surface area contributed by atoms with Crippen molar-refractivity contribution in [3.8, 4) is 17.3 Å². The normalized spacial score (nSPS) is 14.4. The van der Waals surface area contributed by atoms with Gasteiger partial charge in [0, 0.05) is 38.9 Å². The van der Waals surface area contributed by atoms with Crippen molar-refractivity contribution >= 4 is 16.9 Å². The number of rotatable bonds is 5. The number of hydrogen-bond donors (Lipinski definition) is 0. The van der Waals surface area contributed by atoms with E-state index < -0.39 is 0 Å². The zero-order valence-electron chi connectivity index (χ0n) is 17.0. The van der Waals surface area contributed by atoms with Gasteiger partial charge >= 0.3 is 6.01 Å². The molecule has 0 unspecified atom stereocenters. The maximum Gasteiger partial charge on any atom is 0.320 e. The molecule has 0 amide bonds. The number of anilines is 1. The molecule has 1 fully saturated rings. The standard InChI is InChI=1S/C21H23N7O2/c1-26-13-17(15-6-4-3-5-7-15)23-18(26)14-30-21-24-19-16(12-22-27(19)2)20(25-21)28-8-10-29-11-9-28/h3-7,12-13H,8-11,14H2,1-2H3. The topological polar surface area (TPSA) is 83.1 Å². The summed E-state index contributed by atoms with van der Waals surface area (Å²) < 4.78 is 15.2. The first-order valence-electron chi connectivity index (χ1n) is 9.92. The van der Waals surface area contributed by atoms with Crippen LogP contribution >= 0.6 is 0 Å². The highest BCUT2D eigenvalue weighted by atomic mass is 16.5. The lowest BCUT2D eigenvalue weighted by atomic mass is 10.2. The van der Waals surface area contributed by atoms with Crippen LogP contribution in [0.15, 0.2) is 42.7 Å². The van der Waals surface area contributed by atoms with Crippen LogP contribution < -0.4 is 9.64 Å². The van der Waals surface area contributed by atoms with Crippen LogP contribution in [0, 0.1) is 0 Å². The minimum atomic E-state index is 0.273. The summed E-state index contributed by atoms with van der Waals surface area (Å²) in [6.07, 6.45) is 3.80. The number of fused-ring (bicyclic) bond motifs is 1. The molecule has 0 N–H and O–H groups in total. The number of hydrogen-bond acceptors (Lipinski definition) is 7. The minimum absolute atomic E-state index is 0.273. The number of ether oxygens (including phenoxy) is 2. The molecule has 0 aliphatic carbocycles. The van der Waals surface area contributed by atoms with E-state index in [0.29, 0.717) is 19.2 Å². The molecule has 0 radical (unpaired) electrons. The zero-order chi connectivity index (χ0) is 20.5. The van der Waals surface area contributed by atoms with Gasteiger partial charge in [0.25, 0.3) is 0 Å². The van der Waals surface area contributed by atoms with Crippen LogP contribution in [-0.4, -0.2) is 55.6 Å². The fourth-order valence-corrected chi connectivity index (χ4v) is 3.58. The molecule has 30 heavy (non-hydrogen) atoms. The molecule has 0 spiro atoms. The van der Waals surface area contributed by atoms with Crippen molar-refractivity contribution in [3.05, 3.63) is 48.5 Å². The average Bonchev–Trinajstić information content (AvgIpc) is 3.35. The molecule has 1 aromatic carbocycles.